The van der Waals surface area contributed by atoms with Crippen LogP contribution in [0.15, 0.2) is 53.4 Å². The Morgan fingerprint density at radius 3 is 2.82 bits per heavy atom. The smallest absolute Gasteiger partial charge is 0.266 e. The Balaban J connectivity index is 1.64. The van der Waals surface area contributed by atoms with Crippen molar-refractivity contribution in [3.05, 3.63) is 62.6 Å². The van der Waals surface area contributed by atoms with Crippen molar-refractivity contribution in [1.82, 2.24) is 4.90 Å². The van der Waals surface area contributed by atoms with Gasteiger partial charge in [-0.15, -0.1) is 0 Å². The molecule has 0 aromatic heterocycles. The van der Waals surface area contributed by atoms with Crippen molar-refractivity contribution < 1.29 is 14.3 Å². The molecule has 0 atom stereocenters. The van der Waals surface area contributed by atoms with E-state index < -0.39 is 0 Å². The number of rotatable bonds is 6. The molecule has 2 aromatic rings. The molecule has 1 heterocycles. The van der Waals surface area contributed by atoms with Gasteiger partial charge in [0.1, 0.15) is 10.1 Å². The number of hydrogen-bond acceptors (Lipinski definition) is 5. The Labute approximate surface area is 186 Å². The van der Waals surface area contributed by atoms with Crippen LogP contribution in [0, 0.1) is 3.57 Å². The van der Waals surface area contributed by atoms with Gasteiger partial charge < -0.3 is 10.1 Å². The SMILES string of the molecule is COc1ccccc1C=C1SC(=S)N(CCC(=O)Nc2cccc(I)c2)C1=O. The van der Waals surface area contributed by atoms with Crippen LogP contribution in [-0.2, 0) is 9.59 Å². The molecule has 144 valence electrons. The first-order valence-electron chi connectivity index (χ1n) is 8.42. The molecule has 0 saturated carbocycles. The second-order valence-corrected chi connectivity index (χ2v) is 8.81. The van der Waals surface area contributed by atoms with Crippen LogP contribution in [0.25, 0.3) is 6.08 Å². The highest BCUT2D eigenvalue weighted by Crippen LogP contribution is 2.34. The van der Waals surface area contributed by atoms with Crippen LogP contribution in [0.5, 0.6) is 5.75 Å². The van der Waals surface area contributed by atoms with E-state index in [0.717, 1.165) is 14.8 Å². The van der Waals surface area contributed by atoms with E-state index in [1.165, 1.54) is 16.7 Å². The highest BCUT2D eigenvalue weighted by molar-refractivity contribution is 14.1. The quantitative estimate of drug-likeness (QED) is 0.342. The van der Waals surface area contributed by atoms with Crippen LogP contribution in [-0.4, -0.2) is 34.7 Å². The number of methoxy groups -OCH3 is 1. The van der Waals surface area contributed by atoms with Gasteiger partial charge in [-0.1, -0.05) is 48.2 Å². The van der Waals surface area contributed by atoms with Crippen LogP contribution >= 0.6 is 46.6 Å². The molecule has 8 heteroatoms. The summed E-state index contributed by atoms with van der Waals surface area (Å²) in [5.41, 5.74) is 1.54. The molecule has 2 aromatic carbocycles. The standard InChI is InChI=1S/C20H17IN2O3S2/c1-26-16-8-3-2-5-13(16)11-17-19(25)23(20(27)28-17)10-9-18(24)22-15-7-4-6-14(21)12-15/h2-8,11-12H,9-10H2,1H3,(H,22,24). The number of anilines is 1. The van der Waals surface area contributed by atoms with Gasteiger partial charge in [0, 0.05) is 27.8 Å². The van der Waals surface area contributed by atoms with Gasteiger partial charge in [-0.05, 0) is 52.9 Å². The molecule has 2 amide bonds. The number of thiocarbonyl (C=S) groups is 1. The van der Waals surface area contributed by atoms with Gasteiger partial charge in [0.15, 0.2) is 0 Å². The molecular weight excluding hydrogens is 507 g/mol. The third-order valence-corrected chi connectivity index (χ3v) is 6.02. The van der Waals surface area contributed by atoms with Crippen molar-refractivity contribution in [1.29, 1.82) is 0 Å². The molecule has 0 bridgehead atoms. The number of nitrogens with one attached hydrogen (secondary N) is 1. The number of carbonyl (C=O) groups excluding carboxylic acids is 2. The summed E-state index contributed by atoms with van der Waals surface area (Å²) in [5.74, 6) is 0.331. The number of thioether (sulfide) groups is 1. The number of carbonyl (C=O) groups is 2. The van der Waals surface area contributed by atoms with E-state index in [2.05, 4.69) is 27.9 Å². The Kier molecular flexibility index (Phi) is 7.08. The molecule has 5 nitrogen and oxygen atoms in total. The van der Waals surface area contributed by atoms with Crippen molar-refractivity contribution in [3.8, 4) is 5.75 Å². The molecular formula is C20H17IN2O3S2. The second kappa shape index (κ2) is 9.53. The second-order valence-electron chi connectivity index (χ2n) is 5.88. The number of amides is 2. The predicted octanol–water partition coefficient (Wildman–Crippen LogP) is 4.53. The average Bonchev–Trinajstić information content (AvgIpc) is 2.93. The number of benzene rings is 2. The minimum Gasteiger partial charge on any atom is -0.496 e. The van der Waals surface area contributed by atoms with E-state index in [4.69, 9.17) is 17.0 Å². The van der Waals surface area contributed by atoms with Crippen LogP contribution in [0.3, 0.4) is 0 Å². The molecule has 1 aliphatic heterocycles. The van der Waals surface area contributed by atoms with Gasteiger partial charge in [0.05, 0.1) is 12.0 Å². The van der Waals surface area contributed by atoms with Crippen LogP contribution in [0.4, 0.5) is 5.69 Å². The summed E-state index contributed by atoms with van der Waals surface area (Å²) in [6, 6.07) is 15.0. The summed E-state index contributed by atoms with van der Waals surface area (Å²) < 4.78 is 6.81. The largest absolute Gasteiger partial charge is 0.496 e. The van der Waals surface area contributed by atoms with Gasteiger partial charge in [-0.25, -0.2) is 0 Å². The molecule has 1 saturated heterocycles. The fourth-order valence-electron chi connectivity index (χ4n) is 2.62. The summed E-state index contributed by atoms with van der Waals surface area (Å²) in [4.78, 5) is 26.9. The van der Waals surface area contributed by atoms with Crippen molar-refractivity contribution in [2.24, 2.45) is 0 Å². The summed E-state index contributed by atoms with van der Waals surface area (Å²) in [6.07, 6.45) is 1.93. The van der Waals surface area contributed by atoms with Gasteiger partial charge in [-0.3, -0.25) is 14.5 Å². The molecule has 1 fully saturated rings. The van der Waals surface area contributed by atoms with Crippen molar-refractivity contribution >= 4 is 74.5 Å². The topological polar surface area (TPSA) is 58.6 Å². The lowest BCUT2D eigenvalue weighted by molar-refractivity contribution is -0.122. The summed E-state index contributed by atoms with van der Waals surface area (Å²) in [7, 11) is 1.59. The molecule has 0 aliphatic carbocycles. The number of ether oxygens (including phenoxy) is 1. The zero-order valence-electron chi connectivity index (χ0n) is 15.0. The van der Waals surface area contributed by atoms with E-state index >= 15 is 0 Å². The van der Waals surface area contributed by atoms with Gasteiger partial charge in [0.25, 0.3) is 5.91 Å². The fraction of sp³-hybridized carbons (Fsp3) is 0.150. The van der Waals surface area contributed by atoms with Gasteiger partial charge >= 0.3 is 0 Å². The predicted molar refractivity (Wildman–Crippen MR) is 125 cm³/mol. The Hall–Kier alpha value is -1.91. The molecule has 0 unspecified atom stereocenters. The monoisotopic (exact) mass is 524 g/mol. The zero-order chi connectivity index (χ0) is 20.1. The summed E-state index contributed by atoms with van der Waals surface area (Å²) >= 11 is 8.75. The van der Waals surface area contributed by atoms with E-state index in [-0.39, 0.29) is 24.8 Å². The lowest BCUT2D eigenvalue weighted by Crippen LogP contribution is -2.31. The number of hydrogen-bond donors (Lipinski definition) is 1. The summed E-state index contributed by atoms with van der Waals surface area (Å²) in [5, 5.41) is 2.84. The maximum absolute atomic E-state index is 12.7. The van der Waals surface area contributed by atoms with Crippen molar-refractivity contribution in [2.75, 3.05) is 19.0 Å². The third kappa shape index (κ3) is 5.12. The van der Waals surface area contributed by atoms with Gasteiger partial charge in [0.2, 0.25) is 5.91 Å². The molecule has 0 spiro atoms. The minimum absolute atomic E-state index is 0.162. The van der Waals surface area contributed by atoms with E-state index in [1.54, 1.807) is 13.2 Å². The van der Waals surface area contributed by atoms with Crippen molar-refractivity contribution in [3.63, 3.8) is 0 Å². The van der Waals surface area contributed by atoms with Gasteiger partial charge in [-0.2, -0.15) is 0 Å². The highest BCUT2D eigenvalue weighted by atomic mass is 127. The van der Waals surface area contributed by atoms with Crippen LogP contribution < -0.4 is 10.1 Å². The normalized spacial score (nSPS) is 15.2. The lowest BCUT2D eigenvalue weighted by Gasteiger charge is -2.14. The first-order valence-corrected chi connectivity index (χ1v) is 10.7. The maximum atomic E-state index is 12.7. The molecule has 0 radical (unpaired) electrons. The molecule has 1 aliphatic rings. The average molecular weight is 524 g/mol. The Morgan fingerprint density at radius 1 is 1.29 bits per heavy atom. The third-order valence-electron chi connectivity index (χ3n) is 3.97. The van der Waals surface area contributed by atoms with E-state index in [0.29, 0.717) is 15.0 Å². The minimum atomic E-state index is -0.192. The Morgan fingerprint density at radius 2 is 2.07 bits per heavy atom. The molecule has 3 rings (SSSR count). The summed E-state index contributed by atoms with van der Waals surface area (Å²) in [6.45, 7) is 0.240. The van der Waals surface area contributed by atoms with E-state index in [9.17, 15) is 9.59 Å². The number of halogens is 1. The first kappa shape index (κ1) is 20.8. The molecule has 28 heavy (non-hydrogen) atoms. The maximum Gasteiger partial charge on any atom is 0.266 e. The Bertz CT molecular complexity index is 962. The highest BCUT2D eigenvalue weighted by Gasteiger charge is 2.32. The van der Waals surface area contributed by atoms with Crippen LogP contribution in [0.2, 0.25) is 0 Å². The van der Waals surface area contributed by atoms with Crippen LogP contribution in [0.1, 0.15) is 12.0 Å². The number of para-hydroxylation sites is 1. The lowest BCUT2D eigenvalue weighted by atomic mass is 10.2. The first-order chi connectivity index (χ1) is 13.5. The zero-order valence-corrected chi connectivity index (χ0v) is 18.8. The number of nitrogens with zero attached hydrogens (tertiary/aromatic N) is 1. The van der Waals surface area contributed by atoms with E-state index in [1.807, 2.05) is 48.5 Å². The molecule has 1 N–H and O–H groups in total. The fourth-order valence-corrected chi connectivity index (χ4v) is 4.47. The van der Waals surface area contributed by atoms with Crippen molar-refractivity contribution in [2.45, 2.75) is 6.42 Å².